The number of non-ortho nitro benzene ring substituents is 1. The zero-order valence-electron chi connectivity index (χ0n) is 17.5. The molecule has 0 radical (unpaired) electrons. The lowest BCUT2D eigenvalue weighted by Gasteiger charge is -2.25. The molecule has 1 aliphatic heterocycles. The number of nitrogens with one attached hydrogen (secondary N) is 1. The molecule has 1 aliphatic rings. The van der Waals surface area contributed by atoms with Crippen molar-refractivity contribution in [3.8, 4) is 5.69 Å². The van der Waals surface area contributed by atoms with Gasteiger partial charge in [-0.15, -0.1) is 5.10 Å². The molecule has 1 aromatic heterocycles. The van der Waals surface area contributed by atoms with E-state index in [-0.39, 0.29) is 17.3 Å². The molecule has 1 atom stereocenters. The van der Waals surface area contributed by atoms with Crippen molar-refractivity contribution in [3.05, 3.63) is 81.7 Å². The first-order valence-electron chi connectivity index (χ1n) is 10.2. The lowest BCUT2D eigenvalue weighted by Crippen LogP contribution is -2.39. The fourth-order valence-electron chi connectivity index (χ4n) is 3.79. The van der Waals surface area contributed by atoms with Gasteiger partial charge in [0.2, 0.25) is 5.91 Å². The number of carbonyl (C=O) groups is 2. The van der Waals surface area contributed by atoms with Crippen LogP contribution in [-0.4, -0.2) is 49.7 Å². The van der Waals surface area contributed by atoms with Crippen LogP contribution in [0.5, 0.6) is 0 Å². The van der Waals surface area contributed by atoms with Crippen LogP contribution in [0.15, 0.2) is 54.6 Å². The van der Waals surface area contributed by atoms with Crippen molar-refractivity contribution in [1.82, 2.24) is 25.2 Å². The van der Waals surface area contributed by atoms with Crippen molar-refractivity contribution in [1.29, 1.82) is 0 Å². The van der Waals surface area contributed by atoms with Crippen molar-refractivity contribution in [2.24, 2.45) is 0 Å². The van der Waals surface area contributed by atoms with Gasteiger partial charge in [0, 0.05) is 31.6 Å². The molecule has 2 heterocycles. The summed E-state index contributed by atoms with van der Waals surface area (Å²) in [7, 11) is 0. The number of nitro groups is 1. The molecule has 0 bridgehead atoms. The van der Waals surface area contributed by atoms with Gasteiger partial charge in [0.15, 0.2) is 5.69 Å². The number of nitrogens with zero attached hydrogens (tertiary/aromatic N) is 5. The second kappa shape index (κ2) is 8.96. The van der Waals surface area contributed by atoms with Gasteiger partial charge in [0.05, 0.1) is 22.3 Å². The molecule has 164 valence electrons. The van der Waals surface area contributed by atoms with Crippen LogP contribution < -0.4 is 5.32 Å². The van der Waals surface area contributed by atoms with Crippen molar-refractivity contribution in [3.63, 3.8) is 0 Å². The minimum atomic E-state index is -0.493. The summed E-state index contributed by atoms with van der Waals surface area (Å²) in [4.78, 5) is 37.5. The Kier molecular flexibility index (Phi) is 5.93. The number of rotatable bonds is 7. The average Bonchev–Trinajstić information content (AvgIpc) is 3.39. The summed E-state index contributed by atoms with van der Waals surface area (Å²) in [5.41, 5.74) is 1.80. The highest BCUT2D eigenvalue weighted by molar-refractivity contribution is 5.93. The van der Waals surface area contributed by atoms with E-state index in [0.29, 0.717) is 30.9 Å². The molecule has 1 unspecified atom stereocenters. The third-order valence-corrected chi connectivity index (χ3v) is 5.48. The summed E-state index contributed by atoms with van der Waals surface area (Å²) < 4.78 is 1.39. The Balaban J connectivity index is 1.58. The third kappa shape index (κ3) is 4.34. The Hall–Kier alpha value is -4.08. The number of aromatic nitrogens is 3. The maximum absolute atomic E-state index is 13.1. The number of amides is 2. The molecule has 2 amide bonds. The van der Waals surface area contributed by atoms with Gasteiger partial charge in [-0.3, -0.25) is 19.7 Å². The minimum Gasteiger partial charge on any atom is -0.342 e. The lowest BCUT2D eigenvalue weighted by molar-refractivity contribution is -0.384. The van der Waals surface area contributed by atoms with E-state index < -0.39 is 16.9 Å². The molecular weight excluding hydrogens is 412 g/mol. The highest BCUT2D eigenvalue weighted by Gasteiger charge is 2.27. The average molecular weight is 434 g/mol. The van der Waals surface area contributed by atoms with Gasteiger partial charge in [-0.1, -0.05) is 41.6 Å². The van der Waals surface area contributed by atoms with Gasteiger partial charge in [0.1, 0.15) is 0 Å². The van der Waals surface area contributed by atoms with Gasteiger partial charge in [-0.2, -0.15) is 0 Å². The van der Waals surface area contributed by atoms with Gasteiger partial charge in [-0.05, 0) is 25.0 Å². The Morgan fingerprint density at radius 2 is 2.00 bits per heavy atom. The van der Waals surface area contributed by atoms with E-state index in [9.17, 15) is 19.7 Å². The molecule has 0 spiro atoms. The summed E-state index contributed by atoms with van der Waals surface area (Å²) >= 11 is 0. The largest absolute Gasteiger partial charge is 0.342 e. The summed E-state index contributed by atoms with van der Waals surface area (Å²) in [6, 6.07) is 15.0. The molecule has 0 saturated carbocycles. The summed E-state index contributed by atoms with van der Waals surface area (Å²) in [5.74, 6) is -0.354. The van der Waals surface area contributed by atoms with E-state index in [1.807, 2.05) is 30.3 Å². The molecule has 10 nitrogen and oxygen atoms in total. The molecule has 10 heteroatoms. The van der Waals surface area contributed by atoms with Crippen LogP contribution in [0, 0.1) is 17.0 Å². The second-order valence-corrected chi connectivity index (χ2v) is 7.59. The Bertz CT molecular complexity index is 1160. The molecule has 1 N–H and O–H groups in total. The van der Waals surface area contributed by atoms with Crippen LogP contribution in [0.2, 0.25) is 0 Å². The number of carbonyl (C=O) groups excluding carboxylic acids is 2. The lowest BCUT2D eigenvalue weighted by atomic mass is 10.1. The fraction of sp³-hybridized carbons (Fsp3) is 0.273. The monoisotopic (exact) mass is 434 g/mol. The normalized spacial score (nSPS) is 14.4. The van der Waals surface area contributed by atoms with Crippen LogP contribution in [0.25, 0.3) is 5.69 Å². The van der Waals surface area contributed by atoms with E-state index in [1.54, 1.807) is 24.0 Å². The van der Waals surface area contributed by atoms with Crippen molar-refractivity contribution < 1.29 is 14.5 Å². The highest BCUT2D eigenvalue weighted by atomic mass is 16.6. The smallest absolute Gasteiger partial charge is 0.274 e. The van der Waals surface area contributed by atoms with Crippen LogP contribution in [0.3, 0.4) is 0 Å². The number of hydrogen-bond acceptors (Lipinski definition) is 6. The van der Waals surface area contributed by atoms with Crippen LogP contribution in [0.4, 0.5) is 5.69 Å². The maximum atomic E-state index is 13.1. The van der Waals surface area contributed by atoms with Crippen molar-refractivity contribution in [2.75, 3.05) is 13.1 Å². The summed E-state index contributed by atoms with van der Waals surface area (Å²) in [6.07, 6.45) is 1.33. The van der Waals surface area contributed by atoms with Gasteiger partial charge in [0.25, 0.3) is 11.6 Å². The first-order chi connectivity index (χ1) is 15.4. The number of benzene rings is 2. The van der Waals surface area contributed by atoms with Crippen molar-refractivity contribution >= 4 is 17.5 Å². The molecule has 1 saturated heterocycles. The molecule has 2 aromatic carbocycles. The fourth-order valence-corrected chi connectivity index (χ4v) is 3.79. The van der Waals surface area contributed by atoms with Gasteiger partial charge < -0.3 is 10.2 Å². The molecule has 0 aliphatic carbocycles. The predicted octanol–water partition coefficient (Wildman–Crippen LogP) is 2.58. The van der Waals surface area contributed by atoms with Gasteiger partial charge >= 0.3 is 0 Å². The quantitative estimate of drug-likeness (QED) is 0.450. The Morgan fingerprint density at radius 1 is 1.22 bits per heavy atom. The molecule has 1 fully saturated rings. The number of hydrogen-bond donors (Lipinski definition) is 1. The zero-order valence-corrected chi connectivity index (χ0v) is 17.5. The van der Waals surface area contributed by atoms with E-state index in [1.165, 1.54) is 16.8 Å². The SMILES string of the molecule is Cc1c(C(=O)NC(CN2CCCC2=O)c2ccccc2)nnn1-c1cccc([N+](=O)[O-])c1. The Morgan fingerprint density at radius 3 is 2.69 bits per heavy atom. The minimum absolute atomic E-state index is 0.0768. The Labute approximate surface area is 184 Å². The van der Waals surface area contributed by atoms with E-state index in [4.69, 9.17) is 0 Å². The molecule has 3 aromatic rings. The molecule has 32 heavy (non-hydrogen) atoms. The van der Waals surface area contributed by atoms with Crippen LogP contribution in [-0.2, 0) is 4.79 Å². The number of nitro benzene ring substituents is 1. The first kappa shape index (κ1) is 21.2. The standard InChI is InChI=1S/C22H22N6O4/c1-15-21(24-25-27(15)17-9-5-10-18(13-17)28(31)32)22(30)23-19(16-7-3-2-4-8-16)14-26-12-6-11-20(26)29/h2-5,7-10,13,19H,6,11-12,14H2,1H3,(H,23,30). The summed E-state index contributed by atoms with van der Waals surface area (Å²) in [6.45, 7) is 2.71. The summed E-state index contributed by atoms with van der Waals surface area (Å²) in [5, 5.41) is 22.1. The van der Waals surface area contributed by atoms with Gasteiger partial charge in [-0.25, -0.2) is 4.68 Å². The van der Waals surface area contributed by atoms with Crippen LogP contribution in [0.1, 0.15) is 40.6 Å². The van der Waals surface area contributed by atoms with E-state index in [2.05, 4.69) is 15.6 Å². The zero-order chi connectivity index (χ0) is 22.7. The van der Waals surface area contributed by atoms with E-state index in [0.717, 1.165) is 12.0 Å². The predicted molar refractivity (Wildman–Crippen MR) is 115 cm³/mol. The third-order valence-electron chi connectivity index (χ3n) is 5.48. The van der Waals surface area contributed by atoms with Crippen molar-refractivity contribution in [2.45, 2.75) is 25.8 Å². The molecule has 4 rings (SSSR count). The van der Waals surface area contributed by atoms with E-state index >= 15 is 0 Å². The second-order valence-electron chi connectivity index (χ2n) is 7.59. The topological polar surface area (TPSA) is 123 Å². The van der Waals surface area contributed by atoms with Crippen LogP contribution >= 0.6 is 0 Å². The first-order valence-corrected chi connectivity index (χ1v) is 10.2. The molecular formula is C22H22N6O4. The number of likely N-dealkylation sites (tertiary alicyclic amines) is 1. The highest BCUT2D eigenvalue weighted by Crippen LogP contribution is 2.21. The maximum Gasteiger partial charge on any atom is 0.274 e.